The molecule has 2 aliphatic rings. The normalized spacial score (nSPS) is 17.7. The molecule has 2 aliphatic heterocycles. The highest BCUT2D eigenvalue weighted by molar-refractivity contribution is 7.71. The van der Waals surface area contributed by atoms with Crippen LogP contribution in [0.4, 0.5) is 0 Å². The summed E-state index contributed by atoms with van der Waals surface area (Å²) in [4.78, 5) is 17.3. The van der Waals surface area contributed by atoms with Gasteiger partial charge in [0.1, 0.15) is 13.1 Å². The van der Waals surface area contributed by atoms with Gasteiger partial charge in [0.25, 0.3) is 5.56 Å². The minimum Gasteiger partial charge on any atom is -0.454 e. The van der Waals surface area contributed by atoms with E-state index < -0.39 is 0 Å². The zero-order valence-electron chi connectivity index (χ0n) is 12.6. The molecule has 0 aliphatic carbocycles. The Hall–Kier alpha value is -1.90. The van der Waals surface area contributed by atoms with Crippen LogP contribution in [0, 0.1) is 4.77 Å². The average molecular weight is 336 g/mol. The minimum atomic E-state index is -0.0882. The molecule has 8 heteroatoms. The number of fused-ring (bicyclic) bond motifs is 2. The number of H-pyrrole nitrogens is 1. The van der Waals surface area contributed by atoms with E-state index >= 15 is 0 Å². The second kappa shape index (κ2) is 5.95. The summed E-state index contributed by atoms with van der Waals surface area (Å²) >= 11 is 5.36. The van der Waals surface area contributed by atoms with Crippen LogP contribution in [-0.2, 0) is 11.3 Å². The summed E-state index contributed by atoms with van der Waals surface area (Å²) in [6.07, 6.45) is 0. The van der Waals surface area contributed by atoms with Gasteiger partial charge in [-0.15, -0.1) is 0 Å². The lowest BCUT2D eigenvalue weighted by molar-refractivity contribution is -0.908. The fourth-order valence-electron chi connectivity index (χ4n) is 3.03. The van der Waals surface area contributed by atoms with Gasteiger partial charge < -0.3 is 24.1 Å². The highest BCUT2D eigenvalue weighted by Gasteiger charge is 2.18. The molecular formula is C15H18N3O4S+. The smallest absolute Gasteiger partial charge is 0.262 e. The number of hydrogen-bond donors (Lipinski definition) is 2. The SMILES string of the molecule is O=c1c2cc3c(cc2[nH]c(=S)n1CC[NH+]1CCOCC1)OCO3. The Balaban J connectivity index is 1.68. The lowest BCUT2D eigenvalue weighted by Gasteiger charge is -2.23. The van der Waals surface area contributed by atoms with Crippen LogP contribution in [0.2, 0.25) is 0 Å². The summed E-state index contributed by atoms with van der Waals surface area (Å²) < 4.78 is 18.1. The zero-order chi connectivity index (χ0) is 15.8. The van der Waals surface area contributed by atoms with Crippen molar-refractivity contribution in [1.29, 1.82) is 0 Å². The Morgan fingerprint density at radius 1 is 1.22 bits per heavy atom. The van der Waals surface area contributed by atoms with E-state index in [0.717, 1.165) is 32.8 Å². The van der Waals surface area contributed by atoms with Crippen LogP contribution in [0.5, 0.6) is 11.5 Å². The van der Waals surface area contributed by atoms with Gasteiger partial charge in [-0.3, -0.25) is 9.36 Å². The third kappa shape index (κ3) is 2.73. The van der Waals surface area contributed by atoms with E-state index in [9.17, 15) is 4.79 Å². The quantitative estimate of drug-likeness (QED) is 0.754. The van der Waals surface area contributed by atoms with E-state index in [2.05, 4.69) is 4.98 Å². The molecule has 0 unspecified atom stereocenters. The first kappa shape index (κ1) is 14.7. The van der Waals surface area contributed by atoms with Crippen molar-refractivity contribution in [1.82, 2.24) is 9.55 Å². The number of hydrogen-bond acceptors (Lipinski definition) is 5. The molecule has 23 heavy (non-hydrogen) atoms. The molecule has 3 heterocycles. The van der Waals surface area contributed by atoms with E-state index in [1.807, 2.05) is 0 Å². The van der Waals surface area contributed by atoms with Crippen LogP contribution in [0.15, 0.2) is 16.9 Å². The average Bonchev–Trinajstić information content (AvgIpc) is 3.01. The first-order valence-electron chi connectivity index (χ1n) is 7.70. The van der Waals surface area contributed by atoms with Crippen molar-refractivity contribution in [3.8, 4) is 11.5 Å². The van der Waals surface area contributed by atoms with E-state index in [0.29, 0.717) is 33.7 Å². The molecule has 0 spiro atoms. The number of benzene rings is 1. The molecule has 0 atom stereocenters. The van der Waals surface area contributed by atoms with Crippen molar-refractivity contribution in [3.05, 3.63) is 27.3 Å². The summed E-state index contributed by atoms with van der Waals surface area (Å²) in [5.41, 5.74) is 0.592. The molecule has 0 amide bonds. The van der Waals surface area contributed by atoms with Gasteiger partial charge in [0.05, 0.1) is 37.2 Å². The Labute approximate surface area is 137 Å². The molecule has 2 N–H and O–H groups in total. The Morgan fingerprint density at radius 3 is 2.74 bits per heavy atom. The Kier molecular flexibility index (Phi) is 3.80. The summed E-state index contributed by atoms with van der Waals surface area (Å²) in [7, 11) is 0. The number of rotatable bonds is 3. The summed E-state index contributed by atoms with van der Waals surface area (Å²) in [6, 6.07) is 3.50. The Morgan fingerprint density at radius 2 is 1.96 bits per heavy atom. The highest BCUT2D eigenvalue weighted by atomic mass is 32.1. The lowest BCUT2D eigenvalue weighted by atomic mass is 10.2. The number of nitrogens with zero attached hydrogens (tertiary/aromatic N) is 1. The number of aromatic nitrogens is 2. The van der Waals surface area contributed by atoms with E-state index in [1.54, 1.807) is 16.7 Å². The van der Waals surface area contributed by atoms with E-state index in [4.69, 9.17) is 26.4 Å². The molecule has 2 aromatic rings. The molecule has 1 aromatic heterocycles. The van der Waals surface area contributed by atoms with Crippen molar-refractivity contribution < 1.29 is 19.1 Å². The summed E-state index contributed by atoms with van der Waals surface area (Å²) in [5, 5.41) is 0.569. The third-order valence-corrected chi connectivity index (χ3v) is 4.69. The van der Waals surface area contributed by atoms with Crippen molar-refractivity contribution in [2.45, 2.75) is 6.54 Å². The monoisotopic (exact) mass is 336 g/mol. The molecule has 4 rings (SSSR count). The van der Waals surface area contributed by atoms with E-state index in [1.165, 1.54) is 4.90 Å². The fraction of sp³-hybridized carbons (Fsp3) is 0.467. The standard InChI is InChI=1S/C15H17N3O4S/c19-14-10-7-12-13(22-9-21-12)8-11(10)16-15(23)18(14)2-1-17-3-5-20-6-4-17/h7-8H,1-6,9H2,(H,16,23)/p+1. The topological polar surface area (TPSA) is 69.9 Å². The number of morpholine rings is 1. The molecule has 1 saturated heterocycles. The molecule has 0 saturated carbocycles. The van der Waals surface area contributed by atoms with Crippen LogP contribution in [0.25, 0.3) is 10.9 Å². The van der Waals surface area contributed by atoms with Gasteiger partial charge in [0.15, 0.2) is 16.3 Å². The third-order valence-electron chi connectivity index (χ3n) is 4.36. The zero-order valence-corrected chi connectivity index (χ0v) is 13.4. The first-order chi connectivity index (χ1) is 11.2. The van der Waals surface area contributed by atoms with Gasteiger partial charge in [0.2, 0.25) is 6.79 Å². The van der Waals surface area contributed by atoms with Gasteiger partial charge in [-0.25, -0.2) is 0 Å². The molecule has 7 nitrogen and oxygen atoms in total. The predicted octanol–water partition coefficient (Wildman–Crippen LogP) is -0.297. The summed E-state index contributed by atoms with van der Waals surface area (Å²) in [6.45, 7) is 5.12. The number of ether oxygens (including phenoxy) is 3. The van der Waals surface area contributed by atoms with Crippen molar-refractivity contribution in [2.24, 2.45) is 0 Å². The predicted molar refractivity (Wildman–Crippen MR) is 85.9 cm³/mol. The second-order valence-electron chi connectivity index (χ2n) is 5.75. The maximum Gasteiger partial charge on any atom is 0.262 e. The molecule has 122 valence electrons. The molecule has 0 bridgehead atoms. The maximum atomic E-state index is 12.8. The number of nitrogens with one attached hydrogen (secondary N) is 2. The molecule has 1 fully saturated rings. The van der Waals surface area contributed by atoms with Crippen molar-refractivity contribution in [3.63, 3.8) is 0 Å². The lowest BCUT2D eigenvalue weighted by Crippen LogP contribution is -3.14. The van der Waals surface area contributed by atoms with Crippen molar-refractivity contribution in [2.75, 3.05) is 39.6 Å². The molecule has 1 aromatic carbocycles. The first-order valence-corrected chi connectivity index (χ1v) is 8.11. The van der Waals surface area contributed by atoms with Crippen molar-refractivity contribution >= 4 is 23.1 Å². The Bertz CT molecular complexity index is 854. The largest absolute Gasteiger partial charge is 0.454 e. The number of quaternary nitrogens is 1. The minimum absolute atomic E-state index is 0.0882. The maximum absolute atomic E-state index is 12.8. The van der Waals surface area contributed by atoms with Gasteiger partial charge in [-0.05, 0) is 18.3 Å². The van der Waals surface area contributed by atoms with Crippen LogP contribution in [0.3, 0.4) is 0 Å². The van der Waals surface area contributed by atoms with Gasteiger partial charge in [0, 0.05) is 6.07 Å². The van der Waals surface area contributed by atoms with Crippen LogP contribution >= 0.6 is 12.2 Å². The van der Waals surface area contributed by atoms with Crippen LogP contribution in [0.1, 0.15) is 0 Å². The molecular weight excluding hydrogens is 318 g/mol. The number of aromatic amines is 1. The second-order valence-corrected chi connectivity index (χ2v) is 6.14. The van der Waals surface area contributed by atoms with Gasteiger partial charge in [-0.1, -0.05) is 0 Å². The van der Waals surface area contributed by atoms with E-state index in [-0.39, 0.29) is 12.4 Å². The fourth-order valence-corrected chi connectivity index (χ4v) is 3.31. The summed E-state index contributed by atoms with van der Waals surface area (Å²) in [5.74, 6) is 1.24. The van der Waals surface area contributed by atoms with Gasteiger partial charge >= 0.3 is 0 Å². The van der Waals surface area contributed by atoms with Crippen LogP contribution < -0.4 is 19.9 Å². The van der Waals surface area contributed by atoms with Crippen LogP contribution in [-0.4, -0.2) is 49.2 Å². The van der Waals surface area contributed by atoms with Gasteiger partial charge in [-0.2, -0.15) is 0 Å². The molecule has 0 radical (unpaired) electrons. The highest BCUT2D eigenvalue weighted by Crippen LogP contribution is 2.34.